The molecule has 6 N–H and O–H groups in total. The third kappa shape index (κ3) is 7.61. The SMILES string of the molecule is CO[C@H]1/C=C/O[C@@]2(C)Oc3c(C)c(O)c4c(O)c(c5[nH]c(N6CCOCC6)nc5c4c3C2=O)NC(=O)/C(C)=C\C=C\[C@H](C)[C@H](O)[C@@H](C)[C@@H](O)[C@@H](C)[C@H](OC(C)=O)[C@@H]1C. The van der Waals surface area contributed by atoms with Crippen LogP contribution in [-0.4, -0.2) is 112 Å². The van der Waals surface area contributed by atoms with Gasteiger partial charge < -0.3 is 59.3 Å². The van der Waals surface area contributed by atoms with E-state index in [4.69, 9.17) is 28.7 Å². The monoisotopic (exact) mass is 806 g/mol. The van der Waals surface area contributed by atoms with Gasteiger partial charge >= 0.3 is 11.8 Å². The summed E-state index contributed by atoms with van der Waals surface area (Å²) in [5, 5.41) is 49.3. The lowest BCUT2D eigenvalue weighted by Gasteiger charge is -2.38. The Bertz CT molecular complexity index is 2190. The second kappa shape index (κ2) is 16.6. The van der Waals surface area contributed by atoms with Crippen molar-refractivity contribution in [1.29, 1.82) is 0 Å². The van der Waals surface area contributed by atoms with E-state index in [-0.39, 0.29) is 49.9 Å². The molecule has 58 heavy (non-hydrogen) atoms. The number of nitrogens with one attached hydrogen (secondary N) is 2. The van der Waals surface area contributed by atoms with Crippen LogP contribution >= 0.6 is 0 Å². The summed E-state index contributed by atoms with van der Waals surface area (Å²) in [4.78, 5) is 50.7. The number of imidazole rings is 1. The first kappa shape index (κ1) is 42.4. The Morgan fingerprint density at radius 3 is 2.33 bits per heavy atom. The van der Waals surface area contributed by atoms with Gasteiger partial charge in [0.1, 0.15) is 28.8 Å². The highest BCUT2D eigenvalue weighted by Crippen LogP contribution is 2.54. The molecular weight excluding hydrogens is 752 g/mol. The number of benzene rings is 2. The third-order valence-corrected chi connectivity index (χ3v) is 11.8. The van der Waals surface area contributed by atoms with E-state index in [9.17, 15) is 34.8 Å². The van der Waals surface area contributed by atoms with Crippen LogP contribution in [0.1, 0.15) is 64.4 Å². The first-order valence-electron chi connectivity index (χ1n) is 19.5. The number of allylic oxidation sites excluding steroid dienone is 2. The number of ether oxygens (including phenoxy) is 5. The molecule has 0 aliphatic carbocycles. The molecule has 0 spiro atoms. The number of aromatic amines is 1. The standard InChI is InChI=1S/C42H54N4O12/c1-19-11-10-12-20(2)40(53)43-32-31-30(44-41(45-31)46-14-17-55-18-15-46)27-28(36(32)51)35(50)24(6)38-29(27)39(52)42(8,58-38)56-16-13-26(54-9)21(3)37(57-25(7)47)23(5)34(49)22(4)33(19)48/h10-13,16,19,21-23,26,33-34,37,48-51H,14-15,17-18H2,1-9H3,(H,43,53)(H,44,45)/b11-10+,16-13+,20-12-/t19-,21+,22+,23+,26-,33-,34+,37+,42-/m0/s1. The Morgan fingerprint density at radius 1 is 0.983 bits per heavy atom. The fraction of sp³-hybridized carbons (Fsp3) is 0.524. The number of aliphatic hydroxyl groups is 2. The van der Waals surface area contributed by atoms with E-state index in [0.29, 0.717) is 32.3 Å². The Labute approximate surface area is 336 Å². The van der Waals surface area contributed by atoms with E-state index in [1.54, 1.807) is 52.8 Å². The highest BCUT2D eigenvalue weighted by Gasteiger charge is 2.50. The fourth-order valence-corrected chi connectivity index (χ4v) is 8.13. The predicted molar refractivity (Wildman–Crippen MR) is 215 cm³/mol. The van der Waals surface area contributed by atoms with Crippen molar-refractivity contribution in [1.82, 2.24) is 9.97 Å². The molecule has 3 aliphatic rings. The van der Waals surface area contributed by atoms with Crippen LogP contribution in [0, 0.1) is 30.6 Å². The number of amides is 1. The maximum Gasteiger partial charge on any atom is 0.312 e. The van der Waals surface area contributed by atoms with Crippen molar-refractivity contribution >= 4 is 51.1 Å². The quantitative estimate of drug-likeness (QED) is 0.155. The normalized spacial score (nSPS) is 32.1. The minimum absolute atomic E-state index is 0.00916. The smallest absolute Gasteiger partial charge is 0.312 e. The number of hydrogen-bond donors (Lipinski definition) is 6. The molecule has 1 aromatic heterocycles. The van der Waals surface area contributed by atoms with Crippen LogP contribution in [0.2, 0.25) is 0 Å². The molecule has 1 amide bonds. The Kier molecular flexibility index (Phi) is 12.1. The van der Waals surface area contributed by atoms with Crippen LogP contribution in [0.25, 0.3) is 21.8 Å². The molecule has 0 saturated carbocycles. The van der Waals surface area contributed by atoms with Crippen LogP contribution in [0.15, 0.2) is 36.1 Å². The average molecular weight is 807 g/mol. The highest BCUT2D eigenvalue weighted by molar-refractivity contribution is 6.28. The van der Waals surface area contributed by atoms with Gasteiger partial charge in [-0.1, -0.05) is 45.9 Å². The maximum absolute atomic E-state index is 14.6. The lowest BCUT2D eigenvalue weighted by atomic mass is 9.78. The number of carbonyl (C=O) groups excluding carboxylic acids is 3. The van der Waals surface area contributed by atoms with Crippen LogP contribution in [0.4, 0.5) is 11.6 Å². The molecule has 6 rings (SSSR count). The minimum atomic E-state index is -1.96. The third-order valence-electron chi connectivity index (χ3n) is 11.8. The molecule has 2 aromatic carbocycles. The first-order chi connectivity index (χ1) is 27.4. The van der Waals surface area contributed by atoms with Gasteiger partial charge in [0.15, 0.2) is 5.75 Å². The van der Waals surface area contributed by atoms with Crippen LogP contribution in [0.5, 0.6) is 17.2 Å². The number of methoxy groups -OCH3 is 1. The van der Waals surface area contributed by atoms with Gasteiger partial charge in [-0.05, 0) is 19.9 Å². The zero-order valence-corrected chi connectivity index (χ0v) is 34.3. The topological polar surface area (TPSA) is 222 Å². The molecule has 0 unspecified atom stereocenters. The molecule has 9 atom stereocenters. The summed E-state index contributed by atoms with van der Waals surface area (Å²) >= 11 is 0. The minimum Gasteiger partial charge on any atom is -0.507 e. The molecule has 314 valence electrons. The zero-order chi connectivity index (χ0) is 42.4. The van der Waals surface area contributed by atoms with Crippen LogP contribution in [-0.2, 0) is 28.5 Å². The molecule has 1 fully saturated rings. The van der Waals surface area contributed by atoms with Crippen LogP contribution < -0.4 is 15.0 Å². The number of carbonyl (C=O) groups is 3. The summed E-state index contributed by atoms with van der Waals surface area (Å²) in [5.41, 5.74) is 0.695. The fourth-order valence-electron chi connectivity index (χ4n) is 8.13. The number of fused-ring (bicyclic) bond motifs is 1. The lowest BCUT2D eigenvalue weighted by Crippen LogP contribution is -2.46. The number of phenolic OH excluding ortho intramolecular Hbond substituents is 2. The highest BCUT2D eigenvalue weighted by atomic mass is 16.7. The van der Waals surface area contributed by atoms with E-state index in [2.05, 4.69) is 10.3 Å². The van der Waals surface area contributed by atoms with Crippen molar-refractivity contribution in [3.63, 3.8) is 0 Å². The molecule has 3 aliphatic heterocycles. The van der Waals surface area contributed by atoms with E-state index in [0.717, 1.165) is 0 Å². The molecule has 16 nitrogen and oxygen atoms in total. The largest absolute Gasteiger partial charge is 0.507 e. The van der Waals surface area contributed by atoms with Gasteiger partial charge in [0.05, 0.1) is 54.3 Å². The van der Waals surface area contributed by atoms with E-state index in [1.807, 2.05) is 4.90 Å². The summed E-state index contributed by atoms with van der Waals surface area (Å²) in [6.07, 6.45) is 3.86. The number of phenols is 2. The molecule has 4 bridgehead atoms. The van der Waals surface area contributed by atoms with E-state index >= 15 is 0 Å². The number of ketones is 1. The average Bonchev–Trinajstić information content (AvgIpc) is 3.76. The number of aromatic hydroxyl groups is 2. The lowest BCUT2D eigenvalue weighted by molar-refractivity contribution is -0.160. The van der Waals surface area contributed by atoms with Gasteiger partial charge in [0.25, 0.3) is 11.7 Å². The molecule has 0 radical (unpaired) electrons. The molecule has 3 aromatic rings. The van der Waals surface area contributed by atoms with Gasteiger partial charge in [-0.3, -0.25) is 14.4 Å². The summed E-state index contributed by atoms with van der Waals surface area (Å²) in [5.74, 6) is -6.63. The van der Waals surface area contributed by atoms with Gasteiger partial charge in [0.2, 0.25) is 5.95 Å². The maximum atomic E-state index is 14.6. The van der Waals surface area contributed by atoms with Crippen molar-refractivity contribution in [3.8, 4) is 17.2 Å². The summed E-state index contributed by atoms with van der Waals surface area (Å²) in [6.45, 7) is 14.7. The van der Waals surface area contributed by atoms with Crippen molar-refractivity contribution < 1.29 is 58.5 Å². The second-order valence-corrected chi connectivity index (χ2v) is 15.7. The molecule has 1 saturated heterocycles. The number of morpholine rings is 1. The van der Waals surface area contributed by atoms with E-state index in [1.165, 1.54) is 40.2 Å². The van der Waals surface area contributed by atoms with Crippen LogP contribution in [0.3, 0.4) is 0 Å². The number of hydrogen-bond acceptors (Lipinski definition) is 14. The number of esters is 1. The zero-order valence-electron chi connectivity index (χ0n) is 34.3. The van der Waals surface area contributed by atoms with Crippen molar-refractivity contribution in [3.05, 3.63) is 47.3 Å². The first-order valence-corrected chi connectivity index (χ1v) is 19.5. The molecular formula is C42H54N4O12. The van der Waals surface area contributed by atoms with Gasteiger partial charge in [-0.25, -0.2) is 4.98 Å². The number of rotatable bonds is 3. The van der Waals surface area contributed by atoms with Crippen molar-refractivity contribution in [2.75, 3.05) is 43.6 Å². The summed E-state index contributed by atoms with van der Waals surface area (Å²) in [6, 6.07) is 0. The number of H-pyrrole nitrogens is 1. The Balaban J connectivity index is 1.54. The van der Waals surface area contributed by atoms with Gasteiger partial charge in [-0.2, -0.15) is 0 Å². The number of aromatic nitrogens is 2. The predicted octanol–water partition coefficient (Wildman–Crippen LogP) is 4.76. The van der Waals surface area contributed by atoms with Gasteiger partial charge in [0, 0.05) is 74.2 Å². The summed E-state index contributed by atoms with van der Waals surface area (Å²) in [7, 11) is 1.46. The second-order valence-electron chi connectivity index (χ2n) is 15.7. The van der Waals surface area contributed by atoms with E-state index < -0.39 is 83.0 Å². The number of nitrogens with zero attached hydrogens (tertiary/aromatic N) is 2. The Hall–Kier alpha value is -5.16. The van der Waals surface area contributed by atoms with Gasteiger partial charge in [-0.15, -0.1) is 0 Å². The number of anilines is 2. The molecule has 4 heterocycles. The van der Waals surface area contributed by atoms with Crippen molar-refractivity contribution in [2.45, 2.75) is 85.6 Å². The van der Waals surface area contributed by atoms with Crippen molar-refractivity contribution in [2.24, 2.45) is 23.7 Å². The molecule has 16 heteroatoms. The number of aliphatic hydroxyl groups excluding tert-OH is 2. The Morgan fingerprint density at radius 2 is 1.67 bits per heavy atom. The summed E-state index contributed by atoms with van der Waals surface area (Å²) < 4.78 is 29.4. The number of Topliss-reactive ketones (excluding diaryl/α,β-unsaturated/α-hetero) is 1.